The summed E-state index contributed by atoms with van der Waals surface area (Å²) in [6, 6.07) is 3.55. The number of hydrogen-bond acceptors (Lipinski definition) is 5. The van der Waals surface area contributed by atoms with E-state index in [1.807, 2.05) is 18.6 Å². The van der Waals surface area contributed by atoms with Crippen LogP contribution in [0.3, 0.4) is 0 Å². The van der Waals surface area contributed by atoms with Gasteiger partial charge in [-0.15, -0.1) is 23.5 Å². The van der Waals surface area contributed by atoms with Crippen LogP contribution in [0.2, 0.25) is 0 Å². The molecule has 0 spiro atoms. The molecule has 0 fully saturated rings. The Bertz CT molecular complexity index is 544. The zero-order valence-corrected chi connectivity index (χ0v) is 12.5. The molecule has 0 aliphatic heterocycles. The van der Waals surface area contributed by atoms with Crippen LogP contribution in [0.4, 0.5) is 0 Å². The first kappa shape index (κ1) is 14.7. The van der Waals surface area contributed by atoms with Crippen molar-refractivity contribution in [2.75, 3.05) is 12.5 Å². The van der Waals surface area contributed by atoms with Crippen LogP contribution >= 0.6 is 23.5 Å². The third-order valence-corrected chi connectivity index (χ3v) is 5.50. The van der Waals surface area contributed by atoms with Crippen LogP contribution in [0.25, 0.3) is 0 Å². The minimum Gasteiger partial charge on any atom is -0.392 e. The van der Waals surface area contributed by atoms with E-state index in [9.17, 15) is 15.0 Å². The van der Waals surface area contributed by atoms with E-state index in [0.29, 0.717) is 23.1 Å². The largest absolute Gasteiger partial charge is 0.392 e. The van der Waals surface area contributed by atoms with Gasteiger partial charge in [0, 0.05) is 21.8 Å². The lowest BCUT2D eigenvalue weighted by atomic mass is 10.0. The van der Waals surface area contributed by atoms with Crippen molar-refractivity contribution < 1.29 is 15.0 Å². The van der Waals surface area contributed by atoms with Gasteiger partial charge in [0.1, 0.15) is 0 Å². The Labute approximate surface area is 121 Å². The van der Waals surface area contributed by atoms with Crippen molar-refractivity contribution in [1.29, 1.82) is 0 Å². The van der Waals surface area contributed by atoms with E-state index in [1.54, 1.807) is 29.6 Å². The van der Waals surface area contributed by atoms with Crippen molar-refractivity contribution in [2.45, 2.75) is 19.6 Å². The quantitative estimate of drug-likeness (QED) is 0.835. The van der Waals surface area contributed by atoms with E-state index in [1.165, 1.54) is 0 Å². The molecule has 2 rings (SSSR count). The number of aliphatic hydroxyl groups is 2. The lowest BCUT2D eigenvalue weighted by Crippen LogP contribution is -2.01. The summed E-state index contributed by atoms with van der Waals surface area (Å²) in [5.41, 5.74) is 3.77. The van der Waals surface area contributed by atoms with Crippen molar-refractivity contribution in [3.8, 4) is 0 Å². The number of thioether (sulfide) groups is 2. The first-order valence-corrected chi connectivity index (χ1v) is 8.33. The third-order valence-electron chi connectivity index (χ3n) is 3.27. The predicted octanol–water partition coefficient (Wildman–Crippen LogP) is 2.35. The second-order valence-electron chi connectivity index (χ2n) is 4.27. The fourth-order valence-corrected chi connectivity index (χ4v) is 3.81. The molecule has 1 aliphatic rings. The highest BCUT2D eigenvalue weighted by Gasteiger charge is 2.28. The smallest absolute Gasteiger partial charge is 0.191 e. The summed E-state index contributed by atoms with van der Waals surface area (Å²) in [4.78, 5) is 12.4. The number of aliphatic hydroxyl groups excluding tert-OH is 2. The zero-order chi connectivity index (χ0) is 14.0. The van der Waals surface area contributed by atoms with Gasteiger partial charge in [-0.25, -0.2) is 0 Å². The number of allylic oxidation sites excluding steroid dienone is 1. The summed E-state index contributed by atoms with van der Waals surface area (Å²) in [7, 11) is 0. The number of benzene rings is 1. The van der Waals surface area contributed by atoms with Crippen LogP contribution in [0.5, 0.6) is 0 Å². The van der Waals surface area contributed by atoms with E-state index in [4.69, 9.17) is 0 Å². The monoisotopic (exact) mass is 296 g/mol. The molecule has 5 heteroatoms. The van der Waals surface area contributed by atoms with Crippen LogP contribution in [-0.2, 0) is 19.6 Å². The van der Waals surface area contributed by atoms with Crippen LogP contribution in [-0.4, -0.2) is 28.5 Å². The van der Waals surface area contributed by atoms with Gasteiger partial charge in [0.15, 0.2) is 5.78 Å². The van der Waals surface area contributed by atoms with Gasteiger partial charge < -0.3 is 10.2 Å². The van der Waals surface area contributed by atoms with Gasteiger partial charge in [0.2, 0.25) is 0 Å². The molecule has 0 aromatic heterocycles. The highest BCUT2D eigenvalue weighted by Crippen LogP contribution is 2.37. The second kappa shape index (κ2) is 6.13. The molecular weight excluding hydrogens is 280 g/mol. The van der Waals surface area contributed by atoms with Gasteiger partial charge >= 0.3 is 0 Å². The SMILES string of the molecule is CSC(SC)=C1Cc2cc(CO)c(CO)cc2C1=O. The molecule has 0 heterocycles. The number of rotatable bonds is 4. The molecule has 0 amide bonds. The summed E-state index contributed by atoms with van der Waals surface area (Å²) in [6.45, 7) is -0.276. The Kier molecular flexibility index (Phi) is 4.73. The minimum absolute atomic E-state index is 0.0490. The van der Waals surface area contributed by atoms with Gasteiger partial charge in [-0.05, 0) is 35.3 Å². The molecule has 0 saturated heterocycles. The molecule has 0 saturated carbocycles. The number of Topliss-reactive ketones (excluding diaryl/α,β-unsaturated/α-hetero) is 1. The van der Waals surface area contributed by atoms with Gasteiger partial charge in [0.05, 0.1) is 13.2 Å². The van der Waals surface area contributed by atoms with E-state index in [0.717, 1.165) is 15.4 Å². The van der Waals surface area contributed by atoms with Gasteiger partial charge in [-0.1, -0.05) is 6.07 Å². The Balaban J connectivity index is 2.52. The summed E-state index contributed by atoms with van der Waals surface area (Å²) in [5.74, 6) is 0.0490. The number of ketones is 1. The van der Waals surface area contributed by atoms with Crippen molar-refractivity contribution in [3.05, 3.63) is 44.2 Å². The van der Waals surface area contributed by atoms with E-state index in [2.05, 4.69) is 0 Å². The fourth-order valence-electron chi connectivity index (χ4n) is 2.32. The van der Waals surface area contributed by atoms with Crippen molar-refractivity contribution in [2.24, 2.45) is 0 Å². The first-order chi connectivity index (χ1) is 9.15. The van der Waals surface area contributed by atoms with Crippen LogP contribution in [0.15, 0.2) is 21.9 Å². The summed E-state index contributed by atoms with van der Waals surface area (Å²) < 4.78 is 1.04. The van der Waals surface area contributed by atoms with Gasteiger partial charge in [-0.2, -0.15) is 0 Å². The standard InChI is InChI=1S/C14H16O3S2/c1-18-14(19-2)12-4-8-3-9(6-15)10(7-16)5-11(8)13(12)17/h3,5,15-16H,4,6-7H2,1-2H3. The highest BCUT2D eigenvalue weighted by atomic mass is 32.2. The van der Waals surface area contributed by atoms with E-state index < -0.39 is 0 Å². The molecule has 102 valence electrons. The maximum atomic E-state index is 12.4. The van der Waals surface area contributed by atoms with Crippen LogP contribution in [0, 0.1) is 0 Å². The third kappa shape index (κ3) is 2.60. The van der Waals surface area contributed by atoms with E-state index >= 15 is 0 Å². The zero-order valence-electron chi connectivity index (χ0n) is 10.9. The Hall–Kier alpha value is -0.750. The maximum Gasteiger partial charge on any atom is 0.191 e. The Morgan fingerprint density at radius 2 is 1.74 bits per heavy atom. The molecular formula is C14H16O3S2. The maximum absolute atomic E-state index is 12.4. The Morgan fingerprint density at radius 1 is 1.16 bits per heavy atom. The normalized spacial score (nSPS) is 13.9. The van der Waals surface area contributed by atoms with Gasteiger partial charge in [0.25, 0.3) is 0 Å². The van der Waals surface area contributed by atoms with Gasteiger partial charge in [-0.3, -0.25) is 4.79 Å². The van der Waals surface area contributed by atoms with E-state index in [-0.39, 0.29) is 19.0 Å². The first-order valence-electron chi connectivity index (χ1n) is 5.88. The summed E-state index contributed by atoms with van der Waals surface area (Å²) in [5, 5.41) is 18.6. The lowest BCUT2D eigenvalue weighted by Gasteiger charge is -2.07. The predicted molar refractivity (Wildman–Crippen MR) is 80.4 cm³/mol. The summed E-state index contributed by atoms with van der Waals surface area (Å²) >= 11 is 3.17. The number of carbonyl (C=O) groups excluding carboxylic acids is 1. The molecule has 1 aliphatic carbocycles. The average molecular weight is 296 g/mol. The second-order valence-corrected chi connectivity index (χ2v) is 6.17. The molecule has 1 aromatic carbocycles. The molecule has 3 nitrogen and oxygen atoms in total. The molecule has 19 heavy (non-hydrogen) atoms. The molecule has 1 aromatic rings. The molecule has 0 radical (unpaired) electrons. The number of hydrogen-bond donors (Lipinski definition) is 2. The highest BCUT2D eigenvalue weighted by molar-refractivity contribution is 8.21. The molecule has 0 atom stereocenters. The topological polar surface area (TPSA) is 57.5 Å². The molecule has 0 bridgehead atoms. The van der Waals surface area contributed by atoms with Crippen molar-refractivity contribution in [3.63, 3.8) is 0 Å². The Morgan fingerprint density at radius 3 is 2.26 bits per heavy atom. The minimum atomic E-state index is -0.159. The number of carbonyl (C=O) groups is 1. The lowest BCUT2D eigenvalue weighted by molar-refractivity contribution is 0.103. The van der Waals surface area contributed by atoms with Crippen molar-refractivity contribution in [1.82, 2.24) is 0 Å². The van der Waals surface area contributed by atoms with Crippen molar-refractivity contribution >= 4 is 29.3 Å². The molecule has 2 N–H and O–H groups in total. The van der Waals surface area contributed by atoms with Crippen LogP contribution in [0.1, 0.15) is 27.0 Å². The van der Waals surface area contributed by atoms with Crippen LogP contribution < -0.4 is 0 Å². The summed E-state index contributed by atoms with van der Waals surface area (Å²) in [6.07, 6.45) is 4.55. The fraction of sp³-hybridized carbons (Fsp3) is 0.357. The molecule has 0 unspecified atom stereocenters. The average Bonchev–Trinajstić information content (AvgIpc) is 2.75. The number of fused-ring (bicyclic) bond motifs is 1.